The van der Waals surface area contributed by atoms with Gasteiger partial charge in [0.05, 0.1) is 23.2 Å². The largest absolute Gasteiger partial charge is 0.465 e. The first-order valence-electron chi connectivity index (χ1n) is 12.8. The molecule has 8 heteroatoms. The molecule has 0 radical (unpaired) electrons. The number of nitrogens with zero attached hydrogens (tertiary/aromatic N) is 2. The fourth-order valence-corrected chi connectivity index (χ4v) is 8.68. The summed E-state index contributed by atoms with van der Waals surface area (Å²) in [6.07, 6.45) is 10.8. The fourth-order valence-electron chi connectivity index (χ4n) is 6.68. The van der Waals surface area contributed by atoms with Gasteiger partial charge in [-0.3, -0.25) is 14.4 Å². The first kappa shape index (κ1) is 26.3. The van der Waals surface area contributed by atoms with Crippen LogP contribution in [0.3, 0.4) is 0 Å². The van der Waals surface area contributed by atoms with Crippen molar-refractivity contribution in [1.29, 1.82) is 0 Å². The summed E-state index contributed by atoms with van der Waals surface area (Å²) in [6, 6.07) is -0.684. The topological polar surface area (TPSA) is 87.2 Å². The Morgan fingerprint density at radius 3 is 2.54 bits per heavy atom. The summed E-state index contributed by atoms with van der Waals surface area (Å²) in [5.41, 5.74) is -0.388. The predicted octanol–water partition coefficient (Wildman–Crippen LogP) is 3.17. The van der Waals surface area contributed by atoms with Crippen LogP contribution in [0.25, 0.3) is 0 Å². The molecule has 5 atom stereocenters. The molecule has 4 aliphatic rings. The van der Waals surface area contributed by atoms with Crippen molar-refractivity contribution in [2.45, 2.75) is 81.9 Å². The standard InChI is InChI=1S/C27H40N2O5S/c1-25(2,3)17-26(4,5)29-14-10-12-27-20(19-18(35-27)11-6-9-16-34-24(19)33)22(31)28(13-7-8-15-30)21(27)23(29)32/h6,10-12,18-21,30H,7-9,13-17H2,1-5H3/t18-,19+,20+,21?,27+/m1/s1. The van der Waals surface area contributed by atoms with E-state index in [1.54, 1.807) is 16.7 Å². The summed E-state index contributed by atoms with van der Waals surface area (Å²) in [5.74, 6) is -1.79. The van der Waals surface area contributed by atoms with Gasteiger partial charge in [-0.2, -0.15) is 0 Å². The maximum atomic E-state index is 14.4. The first-order valence-corrected chi connectivity index (χ1v) is 13.7. The SMILES string of the molecule is CC(C)(C)CC(C)(C)N1CC=C[C@]23S[C@@H]4C=CCCOC(=O)[C@@H]4[C@H]2C(=O)N(CCCCO)C3C1=O. The Hall–Kier alpha value is -1.80. The van der Waals surface area contributed by atoms with Crippen molar-refractivity contribution in [3.05, 3.63) is 24.3 Å². The molecule has 0 bridgehead atoms. The van der Waals surface area contributed by atoms with Crippen molar-refractivity contribution in [2.24, 2.45) is 17.3 Å². The van der Waals surface area contributed by atoms with Crippen molar-refractivity contribution < 1.29 is 24.2 Å². The number of aliphatic hydroxyl groups excluding tert-OH is 1. The first-order chi connectivity index (χ1) is 16.4. The van der Waals surface area contributed by atoms with Crippen LogP contribution >= 0.6 is 11.8 Å². The van der Waals surface area contributed by atoms with Gasteiger partial charge in [0.1, 0.15) is 6.04 Å². The lowest BCUT2D eigenvalue weighted by molar-refractivity contribution is -0.153. The van der Waals surface area contributed by atoms with E-state index in [9.17, 15) is 19.5 Å². The zero-order valence-electron chi connectivity index (χ0n) is 21.7. The monoisotopic (exact) mass is 504 g/mol. The van der Waals surface area contributed by atoms with E-state index in [4.69, 9.17) is 4.74 Å². The molecule has 2 saturated heterocycles. The van der Waals surface area contributed by atoms with Gasteiger partial charge in [0.25, 0.3) is 0 Å². The molecular formula is C27H40N2O5S. The third-order valence-corrected chi connectivity index (χ3v) is 9.37. The van der Waals surface area contributed by atoms with Crippen LogP contribution in [0.2, 0.25) is 0 Å². The summed E-state index contributed by atoms with van der Waals surface area (Å²) < 4.78 is 4.71. The third kappa shape index (κ3) is 4.68. The summed E-state index contributed by atoms with van der Waals surface area (Å²) in [7, 11) is 0. The molecule has 0 aromatic heterocycles. The molecule has 4 aliphatic heterocycles. The number of cyclic esters (lactones) is 1. The highest BCUT2D eigenvalue weighted by Gasteiger charge is 2.71. The maximum absolute atomic E-state index is 14.4. The second-order valence-corrected chi connectivity index (χ2v) is 13.6. The number of carbonyl (C=O) groups excluding carboxylic acids is 3. The normalized spacial score (nSPS) is 33.1. The van der Waals surface area contributed by atoms with E-state index in [1.165, 1.54) is 0 Å². The molecule has 1 spiro atoms. The van der Waals surface area contributed by atoms with Crippen LogP contribution in [-0.4, -0.2) is 80.6 Å². The molecule has 1 N–H and O–H groups in total. The quantitative estimate of drug-likeness (QED) is 0.340. The predicted molar refractivity (Wildman–Crippen MR) is 137 cm³/mol. The van der Waals surface area contributed by atoms with E-state index >= 15 is 0 Å². The van der Waals surface area contributed by atoms with Crippen molar-refractivity contribution in [3.63, 3.8) is 0 Å². The molecule has 2 amide bonds. The van der Waals surface area contributed by atoms with Crippen LogP contribution < -0.4 is 0 Å². The molecule has 2 fully saturated rings. The Labute approximate surface area is 213 Å². The minimum Gasteiger partial charge on any atom is -0.465 e. The second kappa shape index (κ2) is 9.58. The van der Waals surface area contributed by atoms with Gasteiger partial charge >= 0.3 is 5.97 Å². The third-order valence-electron chi connectivity index (χ3n) is 7.62. The Balaban J connectivity index is 1.78. The molecular weight excluding hydrogens is 464 g/mol. The number of esters is 1. The highest BCUT2D eigenvalue weighted by molar-refractivity contribution is 8.02. The van der Waals surface area contributed by atoms with Gasteiger partial charge in [0.15, 0.2) is 0 Å². The number of rotatable bonds is 6. The van der Waals surface area contributed by atoms with Crippen LogP contribution in [0.4, 0.5) is 0 Å². The number of unbranched alkanes of at least 4 members (excludes halogenated alkanes) is 1. The Morgan fingerprint density at radius 2 is 1.86 bits per heavy atom. The fraction of sp³-hybridized carbons (Fsp3) is 0.741. The van der Waals surface area contributed by atoms with E-state index in [1.807, 2.05) is 29.2 Å². The number of hydrogen-bond acceptors (Lipinski definition) is 6. The summed E-state index contributed by atoms with van der Waals surface area (Å²) >= 11 is 1.58. The number of ether oxygens (including phenoxy) is 1. The van der Waals surface area contributed by atoms with Crippen molar-refractivity contribution in [3.8, 4) is 0 Å². The molecule has 4 rings (SSSR count). The van der Waals surface area contributed by atoms with Gasteiger partial charge in [-0.1, -0.05) is 45.1 Å². The van der Waals surface area contributed by atoms with Gasteiger partial charge < -0.3 is 19.6 Å². The molecule has 35 heavy (non-hydrogen) atoms. The number of aliphatic hydroxyl groups is 1. The minimum absolute atomic E-state index is 0.0223. The average molecular weight is 505 g/mol. The van der Waals surface area contributed by atoms with Crippen molar-refractivity contribution in [2.75, 3.05) is 26.3 Å². The van der Waals surface area contributed by atoms with E-state index in [2.05, 4.69) is 34.6 Å². The van der Waals surface area contributed by atoms with Crippen LogP contribution in [0.5, 0.6) is 0 Å². The number of carbonyl (C=O) groups is 3. The van der Waals surface area contributed by atoms with Crippen molar-refractivity contribution in [1.82, 2.24) is 9.80 Å². The smallest absolute Gasteiger partial charge is 0.311 e. The van der Waals surface area contributed by atoms with Gasteiger partial charge in [-0.15, -0.1) is 11.8 Å². The van der Waals surface area contributed by atoms with Gasteiger partial charge in [-0.05, 0) is 44.9 Å². The lowest BCUT2D eigenvalue weighted by Crippen LogP contribution is -2.58. The Bertz CT molecular complexity index is 923. The number of likely N-dealkylation sites (tertiary alicyclic amines) is 1. The van der Waals surface area contributed by atoms with Gasteiger partial charge in [0, 0.05) is 30.5 Å². The second-order valence-electron chi connectivity index (χ2n) is 12.1. The van der Waals surface area contributed by atoms with Crippen LogP contribution in [-0.2, 0) is 19.1 Å². The average Bonchev–Trinajstić information content (AvgIpc) is 3.10. The molecule has 0 aromatic carbocycles. The summed E-state index contributed by atoms with van der Waals surface area (Å²) in [6.45, 7) is 11.9. The lowest BCUT2D eigenvalue weighted by atomic mass is 9.78. The van der Waals surface area contributed by atoms with Crippen LogP contribution in [0.1, 0.15) is 60.3 Å². The van der Waals surface area contributed by atoms with Crippen LogP contribution in [0, 0.1) is 17.3 Å². The Kier molecular flexibility index (Phi) is 7.19. The zero-order chi connectivity index (χ0) is 25.6. The highest BCUT2D eigenvalue weighted by Crippen LogP contribution is 2.61. The maximum Gasteiger partial charge on any atom is 0.311 e. The lowest BCUT2D eigenvalue weighted by Gasteiger charge is -2.44. The highest BCUT2D eigenvalue weighted by atomic mass is 32.2. The Morgan fingerprint density at radius 1 is 1.11 bits per heavy atom. The molecule has 194 valence electrons. The van der Waals surface area contributed by atoms with E-state index in [0.717, 1.165) is 6.42 Å². The number of fused-ring (bicyclic) bond motifs is 2. The van der Waals surface area contributed by atoms with E-state index in [0.29, 0.717) is 39.0 Å². The van der Waals surface area contributed by atoms with Crippen molar-refractivity contribution >= 4 is 29.5 Å². The van der Waals surface area contributed by atoms with Crippen LogP contribution in [0.15, 0.2) is 24.3 Å². The molecule has 4 heterocycles. The van der Waals surface area contributed by atoms with E-state index in [-0.39, 0.29) is 35.1 Å². The molecule has 0 saturated carbocycles. The molecule has 0 aliphatic carbocycles. The van der Waals surface area contributed by atoms with Gasteiger partial charge in [-0.25, -0.2) is 0 Å². The molecule has 1 unspecified atom stereocenters. The minimum atomic E-state index is -0.816. The van der Waals surface area contributed by atoms with Gasteiger partial charge in [0.2, 0.25) is 11.8 Å². The number of thioether (sulfide) groups is 1. The summed E-state index contributed by atoms with van der Waals surface area (Å²) in [4.78, 5) is 45.2. The summed E-state index contributed by atoms with van der Waals surface area (Å²) in [5, 5.41) is 9.13. The number of hydrogen-bond donors (Lipinski definition) is 1. The zero-order valence-corrected chi connectivity index (χ0v) is 22.5. The molecule has 7 nitrogen and oxygen atoms in total. The molecule has 0 aromatic rings. The number of amides is 2. The van der Waals surface area contributed by atoms with E-state index < -0.39 is 28.2 Å².